The zero-order valence-corrected chi connectivity index (χ0v) is 44.9. The third kappa shape index (κ3) is 19.8. The number of nitrogens with one attached hydrogen (secondary N) is 2. The molecule has 0 radical (unpaired) electrons. The molecule has 0 aromatic heterocycles. The van der Waals surface area contributed by atoms with Crippen molar-refractivity contribution in [2.45, 2.75) is 70.5 Å². The molecule has 0 bridgehead atoms. The van der Waals surface area contributed by atoms with Gasteiger partial charge >= 0.3 is 29.9 Å². The first-order chi connectivity index (χ1) is 36.0. The molecule has 1 spiro atoms. The Hall–Kier alpha value is -3.87. The number of ether oxygens (including phenoxy) is 6. The normalized spacial score (nSPS) is 16.3. The number of carbonyl (C=O) groups is 2. The fraction of sp³-hybridized carbons (Fsp3) is 0.583. The number of amides is 1. The molecule has 0 saturated heterocycles. The number of phosphoric ester groups is 2. The Morgan fingerprint density at radius 3 is 1.85 bits per heavy atom. The molecule has 8 N–H and O–H groups in total. The number of aromatic hydroxyl groups is 2. The van der Waals surface area contributed by atoms with E-state index in [2.05, 4.69) is 10.6 Å². The molecule has 2 heterocycles. The Kier molecular flexibility index (Phi) is 26.0. The van der Waals surface area contributed by atoms with Crippen LogP contribution in [0.5, 0.6) is 23.0 Å². The van der Waals surface area contributed by atoms with E-state index in [4.69, 9.17) is 56.1 Å². The average Bonchev–Trinajstić information content (AvgIpc) is 3.66. The highest BCUT2D eigenvalue weighted by atomic mass is 31.2. The number of hydrogen-bond donors (Lipinski definition) is 8. The minimum Gasteiger partial charge on any atom is -0.508 e. The minimum absolute atomic E-state index is 0.0287. The molecule has 24 nitrogen and oxygen atoms in total. The van der Waals surface area contributed by atoms with Crippen molar-refractivity contribution in [3.8, 4) is 23.0 Å². The van der Waals surface area contributed by atoms with Crippen LogP contribution in [0.1, 0.15) is 96.2 Å². The maximum Gasteiger partial charge on any atom is 0.472 e. The summed E-state index contributed by atoms with van der Waals surface area (Å²) < 4.78 is 97.0. The molecular weight excluding hydrogens is 1050 g/mol. The Morgan fingerprint density at radius 2 is 1.25 bits per heavy atom. The second-order valence-corrected chi connectivity index (χ2v) is 21.1. The predicted octanol–water partition coefficient (Wildman–Crippen LogP) is 6.04. The highest BCUT2D eigenvalue weighted by Gasteiger charge is 2.54. The van der Waals surface area contributed by atoms with Gasteiger partial charge in [0.1, 0.15) is 29.1 Å². The van der Waals surface area contributed by atoms with Crippen molar-refractivity contribution in [3.05, 3.63) is 82.4 Å². The van der Waals surface area contributed by atoms with Crippen LogP contribution in [0.3, 0.4) is 0 Å². The van der Waals surface area contributed by atoms with E-state index in [1.54, 1.807) is 18.2 Å². The van der Waals surface area contributed by atoms with Gasteiger partial charge < -0.3 is 68.3 Å². The molecule has 5 atom stereocenters. The number of phosphoric acid groups is 2. The van der Waals surface area contributed by atoms with Crippen LogP contribution >= 0.6 is 23.9 Å². The number of aliphatic hydroxyl groups excluding tert-OH is 1. The predicted molar refractivity (Wildman–Crippen MR) is 269 cm³/mol. The van der Waals surface area contributed by atoms with Gasteiger partial charge in [-0.15, -0.1) is 0 Å². The molecule has 0 fully saturated rings. The molecular formula is C48H71N2O22P3. The van der Waals surface area contributed by atoms with Gasteiger partial charge in [-0.25, -0.2) is 13.9 Å². The van der Waals surface area contributed by atoms with Crippen molar-refractivity contribution >= 4 is 35.8 Å². The maximum atomic E-state index is 13.6. The quantitative estimate of drug-likeness (QED) is 0.0140. The van der Waals surface area contributed by atoms with Gasteiger partial charge in [-0.2, -0.15) is 0 Å². The molecule has 3 aromatic rings. The lowest BCUT2D eigenvalue weighted by molar-refractivity contribution is -0.0223. The number of esters is 1. The molecule has 0 aliphatic carbocycles. The summed E-state index contributed by atoms with van der Waals surface area (Å²) in [5.74, 6) is -1.48. The summed E-state index contributed by atoms with van der Waals surface area (Å²) in [7, 11) is -13.0. The van der Waals surface area contributed by atoms with Crippen molar-refractivity contribution in [2.24, 2.45) is 11.8 Å². The zero-order chi connectivity index (χ0) is 54.3. The lowest BCUT2D eigenvalue weighted by Crippen LogP contribution is -2.33. The van der Waals surface area contributed by atoms with E-state index in [1.165, 1.54) is 36.4 Å². The second-order valence-electron chi connectivity index (χ2n) is 17.5. The third-order valence-electron chi connectivity index (χ3n) is 12.1. The second kappa shape index (κ2) is 31.5. The first-order valence-electron chi connectivity index (χ1n) is 24.8. The number of benzene rings is 3. The Balaban J connectivity index is 1.10. The molecule has 2 aliphatic heterocycles. The molecule has 420 valence electrons. The summed E-state index contributed by atoms with van der Waals surface area (Å²) in [5, 5.41) is 34.7. The monoisotopic (exact) mass is 1120 g/mol. The highest BCUT2D eigenvalue weighted by molar-refractivity contribution is 7.47. The van der Waals surface area contributed by atoms with E-state index in [9.17, 15) is 48.2 Å². The molecule has 5 rings (SSSR count). The molecule has 3 aromatic carbocycles. The van der Waals surface area contributed by atoms with E-state index in [0.29, 0.717) is 68.9 Å². The number of unbranched alkanes of at least 4 members (excludes halogenated alkanes) is 1. The molecule has 75 heavy (non-hydrogen) atoms. The van der Waals surface area contributed by atoms with Crippen molar-refractivity contribution in [1.29, 1.82) is 0 Å². The Bertz CT molecular complexity index is 2340. The van der Waals surface area contributed by atoms with Crippen molar-refractivity contribution in [1.82, 2.24) is 10.6 Å². The number of rotatable bonds is 39. The first kappa shape index (κ1) is 62.0. The van der Waals surface area contributed by atoms with Gasteiger partial charge in [0, 0.05) is 53.5 Å². The summed E-state index contributed by atoms with van der Waals surface area (Å²) in [6.45, 7) is 4.82. The summed E-state index contributed by atoms with van der Waals surface area (Å²) in [5.41, 5.74) is 0.0446. The maximum absolute atomic E-state index is 13.6. The molecule has 27 heteroatoms. The van der Waals surface area contributed by atoms with Gasteiger partial charge in [-0.05, 0) is 74.5 Å². The number of carbonyl (C=O) groups excluding carboxylic acids is 2. The van der Waals surface area contributed by atoms with Crippen LogP contribution in [-0.2, 0) is 65.6 Å². The van der Waals surface area contributed by atoms with Crippen LogP contribution in [0.2, 0.25) is 0 Å². The zero-order valence-electron chi connectivity index (χ0n) is 42.1. The van der Waals surface area contributed by atoms with Crippen molar-refractivity contribution in [3.63, 3.8) is 0 Å². The van der Waals surface area contributed by atoms with Gasteiger partial charge in [-0.1, -0.05) is 39.2 Å². The van der Waals surface area contributed by atoms with Crippen LogP contribution in [-0.4, -0.2) is 147 Å². The number of fused-ring (bicyclic) bond motifs is 6. The number of hydrogen-bond acceptors (Lipinski definition) is 20. The van der Waals surface area contributed by atoms with E-state index in [0.717, 1.165) is 19.3 Å². The summed E-state index contributed by atoms with van der Waals surface area (Å²) in [6.07, 6.45) is 2.68. The van der Waals surface area contributed by atoms with Gasteiger partial charge in [0.05, 0.1) is 85.0 Å². The minimum atomic E-state index is -4.87. The van der Waals surface area contributed by atoms with Gasteiger partial charge in [0.15, 0.2) is 5.60 Å². The number of aliphatic hydroxyl groups is 1. The highest BCUT2D eigenvalue weighted by Crippen LogP contribution is 2.57. The van der Waals surface area contributed by atoms with E-state index >= 15 is 0 Å². The largest absolute Gasteiger partial charge is 0.508 e. The van der Waals surface area contributed by atoms with E-state index in [1.807, 2.05) is 13.8 Å². The van der Waals surface area contributed by atoms with Crippen molar-refractivity contribution < 1.29 is 104 Å². The lowest BCUT2D eigenvalue weighted by atomic mass is 9.77. The summed E-state index contributed by atoms with van der Waals surface area (Å²) in [4.78, 5) is 57.5. The van der Waals surface area contributed by atoms with Crippen LogP contribution < -0.4 is 15.4 Å². The number of phenolic OH excluding ortho intramolecular Hbond substituents is 2. The SMILES string of the molecule is CCC(CC)CCOP(=O)(O)OCC(CCCCNC(=O)c1ccc2c(c1)C(=O)OC21c2ccc(O)cc2Oc2cc(O)ccc21)COP(=O)(O)OCC(COCCOCCOCCOCCCNCO)O[PH](=O)O. The summed E-state index contributed by atoms with van der Waals surface area (Å²) in [6, 6.07) is 13.3. The Morgan fingerprint density at radius 1 is 0.680 bits per heavy atom. The van der Waals surface area contributed by atoms with Crippen LogP contribution in [0.15, 0.2) is 54.6 Å². The van der Waals surface area contributed by atoms with Crippen LogP contribution in [0.4, 0.5) is 0 Å². The smallest absolute Gasteiger partial charge is 0.472 e. The van der Waals surface area contributed by atoms with Gasteiger partial charge in [-0.3, -0.25) is 32.8 Å². The topological polar surface area (TPSA) is 332 Å². The lowest BCUT2D eigenvalue weighted by Gasteiger charge is -2.36. The molecule has 2 aliphatic rings. The molecule has 1 amide bonds. The first-order valence-corrected chi connectivity index (χ1v) is 29.0. The fourth-order valence-electron chi connectivity index (χ4n) is 8.12. The van der Waals surface area contributed by atoms with Crippen molar-refractivity contribution in [2.75, 3.05) is 99.1 Å². The Labute approximate surface area is 436 Å². The van der Waals surface area contributed by atoms with Crippen LogP contribution in [0, 0.1) is 11.8 Å². The van der Waals surface area contributed by atoms with E-state index in [-0.39, 0.29) is 92.8 Å². The van der Waals surface area contributed by atoms with Crippen LogP contribution in [0.25, 0.3) is 0 Å². The van der Waals surface area contributed by atoms with Gasteiger partial charge in [0.25, 0.3) is 5.91 Å². The molecule has 0 saturated carbocycles. The van der Waals surface area contributed by atoms with Gasteiger partial charge in [0.2, 0.25) is 0 Å². The number of phenols is 2. The third-order valence-corrected chi connectivity index (χ3v) is 14.6. The molecule has 5 unspecified atom stereocenters. The standard InChI is InChI=1S/C48H71N2O22P3/c1-3-34(4-2)15-19-66-74(58,59)67-29-35(30-68-75(60,61)69-32-39(72-73(56)57)31-65-25-24-64-23-22-63-21-20-62-18-7-16-49-33-51)8-5-6-17-50-46(54)36-9-12-41-40(26-36)47(55)71-48(41)42-13-10-37(52)27-44(42)70-45-28-38(53)11-14-43(45)48/h9-14,26-28,34-35,39,49,51-53,73H,3-8,15-25,29-33H2,1-2H3,(H,50,54)(H,56,57)(H,58,59)(H,60,61). The summed E-state index contributed by atoms with van der Waals surface area (Å²) >= 11 is 0. The fourth-order valence-corrected chi connectivity index (χ4v) is 10.2. The average molecular weight is 1120 g/mol. The van der Waals surface area contributed by atoms with E-state index < -0.39 is 73.2 Å².